The minimum absolute atomic E-state index is 0. The molecule has 0 bridgehead atoms. The molecule has 27 heavy (non-hydrogen) atoms. The van der Waals surface area contributed by atoms with E-state index in [0.29, 0.717) is 0 Å². The monoisotopic (exact) mass is 408 g/mol. The smallest absolute Gasteiger partial charge is 1.00 e. The first kappa shape index (κ1) is 26.9. The van der Waals surface area contributed by atoms with Gasteiger partial charge in [-0.1, -0.05) is 109 Å². The van der Waals surface area contributed by atoms with Crippen LogP contribution >= 0.6 is 0 Å². The molecule has 0 fully saturated rings. The van der Waals surface area contributed by atoms with Crippen molar-refractivity contribution < 1.29 is 15.5 Å². The molecule has 0 spiro atoms. The third-order valence-corrected chi connectivity index (χ3v) is 6.09. The number of unbranched alkanes of at least 4 members (excludes halogenated alkanes) is 13. The quantitative estimate of drug-likeness (QED) is 0.163. The molecule has 0 radical (unpaired) electrons. The van der Waals surface area contributed by atoms with Crippen LogP contribution in [0.2, 0.25) is 0 Å². The van der Waals surface area contributed by atoms with E-state index in [4.69, 9.17) is 4.18 Å². The van der Waals surface area contributed by atoms with Gasteiger partial charge in [-0.15, -0.1) is 0 Å². The third kappa shape index (κ3) is 14.5. The third-order valence-electron chi connectivity index (χ3n) is 4.77. The predicted octanol–water partition coefficient (Wildman–Crippen LogP) is 6.72. The minimum atomic E-state index is -3.58. The van der Waals surface area contributed by atoms with Crippen molar-refractivity contribution in [2.24, 2.45) is 0 Å². The zero-order valence-corrected chi connectivity index (χ0v) is 19.6. The van der Waals surface area contributed by atoms with Crippen molar-refractivity contribution in [2.75, 3.05) is 6.61 Å². The van der Waals surface area contributed by atoms with Crippen LogP contribution in [0.5, 0.6) is 0 Å². The van der Waals surface area contributed by atoms with Crippen LogP contribution in [0.3, 0.4) is 0 Å². The molecule has 0 heterocycles. The Balaban J connectivity index is -0.00000225. The maximum atomic E-state index is 11.9. The second-order valence-corrected chi connectivity index (χ2v) is 8.80. The average Bonchev–Trinajstić information content (AvgIpc) is 2.65. The van der Waals surface area contributed by atoms with Crippen LogP contribution < -0.4 is 0 Å². The van der Waals surface area contributed by atoms with Gasteiger partial charge in [0.2, 0.25) is 0 Å². The van der Waals surface area contributed by atoms with Crippen LogP contribution in [0.15, 0.2) is 35.2 Å². The summed E-state index contributed by atoms with van der Waals surface area (Å²) in [6.07, 6.45) is 18.0. The van der Waals surface area contributed by atoms with Crippen LogP contribution in [0.1, 0.15) is 99.7 Å². The molecule has 154 valence electrons. The van der Waals surface area contributed by atoms with E-state index in [1.54, 1.807) is 30.3 Å². The van der Waals surface area contributed by atoms with Gasteiger partial charge in [-0.05, 0) is 18.6 Å². The Morgan fingerprint density at radius 3 is 1.56 bits per heavy atom. The van der Waals surface area contributed by atoms with Crippen molar-refractivity contribution >= 4 is 33.2 Å². The zero-order valence-electron chi connectivity index (χ0n) is 19.3. The van der Waals surface area contributed by atoms with Crippen molar-refractivity contribution in [1.82, 2.24) is 0 Å². The minimum Gasteiger partial charge on any atom is -1.00 e. The standard InChI is InChI=1S/C22H38O3S.Mg.2H/c1-2-3-4-5-6-7-8-9-10-11-12-13-14-18-21-25-26(23,24)22-19-16-15-17-20-22;;;/h15-17,19-20H,2-14,18,21H2,1H3;;;/q;+2;2*-1. The Kier molecular flexibility index (Phi) is 17.9. The van der Waals surface area contributed by atoms with E-state index >= 15 is 0 Å². The summed E-state index contributed by atoms with van der Waals surface area (Å²) >= 11 is 0. The molecular formula is C22H40MgO3S. The molecule has 1 rings (SSSR count). The molecule has 0 atom stereocenters. The molecule has 0 aromatic heterocycles. The molecule has 0 saturated carbocycles. The molecule has 0 aliphatic carbocycles. The molecule has 0 saturated heterocycles. The van der Waals surface area contributed by atoms with Crippen molar-refractivity contribution in [3.63, 3.8) is 0 Å². The van der Waals surface area contributed by atoms with Gasteiger partial charge in [0.1, 0.15) is 0 Å². The van der Waals surface area contributed by atoms with E-state index in [0.717, 1.165) is 12.8 Å². The Labute approximate surface area is 186 Å². The van der Waals surface area contributed by atoms with E-state index in [1.165, 1.54) is 77.0 Å². The fraction of sp³-hybridized carbons (Fsp3) is 0.727. The zero-order chi connectivity index (χ0) is 18.9. The summed E-state index contributed by atoms with van der Waals surface area (Å²) in [4.78, 5) is 0.241. The largest absolute Gasteiger partial charge is 2.00 e. The summed E-state index contributed by atoms with van der Waals surface area (Å²) in [6.45, 7) is 2.55. The SMILES string of the molecule is CCCCCCCCCCCCCCCCOS(=O)(=O)c1ccccc1.[H-].[H-].[Mg+2]. The Morgan fingerprint density at radius 2 is 1.11 bits per heavy atom. The van der Waals surface area contributed by atoms with Crippen molar-refractivity contribution in [2.45, 2.75) is 102 Å². The van der Waals surface area contributed by atoms with E-state index in [9.17, 15) is 8.42 Å². The molecule has 0 amide bonds. The number of hydrogen-bond acceptors (Lipinski definition) is 3. The normalized spacial score (nSPS) is 11.3. The molecule has 5 heteroatoms. The number of hydrogen-bond donors (Lipinski definition) is 0. The summed E-state index contributed by atoms with van der Waals surface area (Å²) in [5.74, 6) is 0. The molecular weight excluding hydrogens is 369 g/mol. The van der Waals surface area contributed by atoms with Gasteiger partial charge < -0.3 is 2.85 Å². The van der Waals surface area contributed by atoms with Crippen LogP contribution in [0.25, 0.3) is 0 Å². The van der Waals surface area contributed by atoms with Crippen LogP contribution in [-0.4, -0.2) is 38.1 Å². The maximum absolute atomic E-state index is 11.9. The Hall–Kier alpha value is -0.104. The number of benzene rings is 1. The van der Waals surface area contributed by atoms with Crippen molar-refractivity contribution in [3.05, 3.63) is 30.3 Å². The topological polar surface area (TPSA) is 43.4 Å². The fourth-order valence-electron chi connectivity index (χ4n) is 3.12. The van der Waals surface area contributed by atoms with E-state index in [1.807, 2.05) is 0 Å². The Morgan fingerprint density at radius 1 is 0.704 bits per heavy atom. The second kappa shape index (κ2) is 18.0. The summed E-state index contributed by atoms with van der Waals surface area (Å²) in [7, 11) is -3.58. The second-order valence-electron chi connectivity index (χ2n) is 7.19. The predicted molar refractivity (Wildman–Crippen MR) is 118 cm³/mol. The van der Waals surface area contributed by atoms with Gasteiger partial charge >= 0.3 is 23.1 Å². The van der Waals surface area contributed by atoms with Gasteiger partial charge in [0.05, 0.1) is 11.5 Å². The van der Waals surface area contributed by atoms with E-state index < -0.39 is 10.1 Å². The molecule has 1 aromatic carbocycles. The number of rotatable bonds is 17. The molecule has 0 N–H and O–H groups in total. The van der Waals surface area contributed by atoms with E-state index in [2.05, 4.69) is 6.92 Å². The summed E-state index contributed by atoms with van der Waals surface area (Å²) in [6, 6.07) is 8.36. The molecule has 0 aliphatic heterocycles. The van der Waals surface area contributed by atoms with Gasteiger partial charge in [0, 0.05) is 0 Å². The van der Waals surface area contributed by atoms with Crippen molar-refractivity contribution in [1.29, 1.82) is 0 Å². The molecule has 0 aliphatic rings. The first-order chi connectivity index (χ1) is 12.7. The van der Waals surface area contributed by atoms with Gasteiger partial charge in [-0.2, -0.15) is 8.42 Å². The van der Waals surface area contributed by atoms with Crippen LogP contribution in [-0.2, 0) is 14.3 Å². The van der Waals surface area contributed by atoms with Gasteiger partial charge in [0.15, 0.2) is 0 Å². The average molecular weight is 409 g/mol. The van der Waals surface area contributed by atoms with E-state index in [-0.39, 0.29) is 37.4 Å². The van der Waals surface area contributed by atoms with Gasteiger partial charge in [-0.25, -0.2) is 0 Å². The van der Waals surface area contributed by atoms with Gasteiger partial charge in [0.25, 0.3) is 10.1 Å². The summed E-state index contributed by atoms with van der Waals surface area (Å²) < 4.78 is 29.0. The fourth-order valence-corrected chi connectivity index (χ4v) is 4.08. The first-order valence-corrected chi connectivity index (χ1v) is 12.0. The van der Waals surface area contributed by atoms with Crippen LogP contribution in [0.4, 0.5) is 0 Å². The molecule has 1 aromatic rings. The summed E-state index contributed by atoms with van der Waals surface area (Å²) in [5, 5.41) is 0. The molecule has 0 unspecified atom stereocenters. The van der Waals surface area contributed by atoms with Crippen LogP contribution in [0, 0.1) is 0 Å². The summed E-state index contributed by atoms with van der Waals surface area (Å²) in [5.41, 5.74) is 0. The van der Waals surface area contributed by atoms with Crippen molar-refractivity contribution in [3.8, 4) is 0 Å². The first-order valence-electron chi connectivity index (χ1n) is 10.6. The molecule has 3 nitrogen and oxygen atoms in total. The maximum Gasteiger partial charge on any atom is 2.00 e. The Bertz CT molecular complexity index is 542. The van der Waals surface area contributed by atoms with Gasteiger partial charge in [-0.3, -0.25) is 4.18 Å².